The Balaban J connectivity index is 1.67. The van der Waals surface area contributed by atoms with Gasteiger partial charge in [-0.05, 0) is 61.9 Å². The van der Waals surface area contributed by atoms with Crippen molar-refractivity contribution < 1.29 is 14.3 Å². The lowest BCUT2D eigenvalue weighted by molar-refractivity contribution is 0.0984. The van der Waals surface area contributed by atoms with Gasteiger partial charge in [-0.1, -0.05) is 36.8 Å². The van der Waals surface area contributed by atoms with Crippen LogP contribution in [0.1, 0.15) is 42.7 Å². The third-order valence-electron chi connectivity index (χ3n) is 5.03. The summed E-state index contributed by atoms with van der Waals surface area (Å²) in [6.07, 6.45) is 3.76. The molecule has 1 amide bonds. The molecule has 0 atom stereocenters. The van der Waals surface area contributed by atoms with Crippen LogP contribution < -0.4 is 14.4 Å². The number of aromatic nitrogens is 2. The Labute approximate surface area is 197 Å². The van der Waals surface area contributed by atoms with E-state index in [-0.39, 0.29) is 5.91 Å². The van der Waals surface area contributed by atoms with E-state index in [1.165, 1.54) is 11.3 Å². The molecule has 0 saturated carbocycles. The molecule has 2 heterocycles. The van der Waals surface area contributed by atoms with Crippen LogP contribution in [0, 0.1) is 0 Å². The van der Waals surface area contributed by atoms with Crippen LogP contribution in [-0.2, 0) is 6.54 Å². The minimum atomic E-state index is -0.148. The predicted molar refractivity (Wildman–Crippen MR) is 132 cm³/mol. The maximum Gasteiger partial charge on any atom is 0.260 e. The molecule has 170 valence electrons. The molecular weight excluding hydrogens is 434 g/mol. The smallest absolute Gasteiger partial charge is 0.260 e. The van der Waals surface area contributed by atoms with E-state index in [2.05, 4.69) is 11.9 Å². The first kappa shape index (κ1) is 22.7. The summed E-state index contributed by atoms with van der Waals surface area (Å²) in [5.41, 5.74) is 2.17. The van der Waals surface area contributed by atoms with E-state index in [9.17, 15) is 4.79 Å². The number of amides is 1. The van der Waals surface area contributed by atoms with Crippen LogP contribution in [0.15, 0.2) is 66.9 Å². The highest BCUT2D eigenvalue weighted by Crippen LogP contribution is 2.33. The summed E-state index contributed by atoms with van der Waals surface area (Å²) >= 11 is 1.46. The van der Waals surface area contributed by atoms with Gasteiger partial charge in [-0.25, -0.2) is 4.98 Å². The van der Waals surface area contributed by atoms with Crippen LogP contribution in [-0.4, -0.2) is 29.1 Å². The standard InChI is InChI=1S/C26H27N3O3S/c1-3-5-15-32-21-11-8-9-19(16-21)25(30)29(18-20-10-6-7-14-27-20)26-28-23-13-12-22(31-4-2)17-24(23)33-26/h6-14,16-17H,3-5,15,18H2,1-2H3. The van der Waals surface area contributed by atoms with Gasteiger partial charge in [-0.2, -0.15) is 0 Å². The highest BCUT2D eigenvalue weighted by Gasteiger charge is 2.23. The predicted octanol–water partition coefficient (Wildman–Crippen LogP) is 6.12. The van der Waals surface area contributed by atoms with Crippen molar-refractivity contribution >= 4 is 32.6 Å². The number of fused-ring (bicyclic) bond motifs is 1. The number of hydrogen-bond acceptors (Lipinski definition) is 6. The fraction of sp³-hybridized carbons (Fsp3) is 0.269. The highest BCUT2D eigenvalue weighted by molar-refractivity contribution is 7.22. The lowest BCUT2D eigenvalue weighted by atomic mass is 10.2. The van der Waals surface area contributed by atoms with Gasteiger partial charge in [-0.15, -0.1) is 0 Å². The number of rotatable bonds is 10. The number of unbranched alkanes of at least 4 members (excludes halogenated alkanes) is 1. The fourth-order valence-corrected chi connectivity index (χ4v) is 4.35. The van der Waals surface area contributed by atoms with E-state index in [1.807, 2.05) is 55.5 Å². The topological polar surface area (TPSA) is 64.5 Å². The zero-order valence-corrected chi connectivity index (χ0v) is 19.7. The van der Waals surface area contributed by atoms with Gasteiger partial charge >= 0.3 is 0 Å². The monoisotopic (exact) mass is 461 g/mol. The van der Waals surface area contributed by atoms with Crippen LogP contribution in [0.3, 0.4) is 0 Å². The highest BCUT2D eigenvalue weighted by atomic mass is 32.1. The number of nitrogens with zero attached hydrogens (tertiary/aromatic N) is 3. The summed E-state index contributed by atoms with van der Waals surface area (Å²) in [6.45, 7) is 5.62. The lowest BCUT2D eigenvalue weighted by Crippen LogP contribution is -2.30. The van der Waals surface area contributed by atoms with E-state index in [1.54, 1.807) is 23.2 Å². The summed E-state index contributed by atoms with van der Waals surface area (Å²) in [7, 11) is 0. The number of pyridine rings is 1. The molecule has 33 heavy (non-hydrogen) atoms. The molecule has 0 aliphatic carbocycles. The molecule has 2 aromatic heterocycles. The SMILES string of the molecule is CCCCOc1cccc(C(=O)N(Cc2ccccn2)c2nc3ccc(OCC)cc3s2)c1. The van der Waals surface area contributed by atoms with E-state index in [0.717, 1.165) is 34.5 Å². The first-order valence-electron chi connectivity index (χ1n) is 11.2. The van der Waals surface area contributed by atoms with Crippen molar-refractivity contribution in [1.82, 2.24) is 9.97 Å². The normalized spacial score (nSPS) is 10.8. The van der Waals surface area contributed by atoms with Crippen LogP contribution in [0.5, 0.6) is 11.5 Å². The quantitative estimate of drug-likeness (QED) is 0.266. The average molecular weight is 462 g/mol. The van der Waals surface area contributed by atoms with Crippen molar-refractivity contribution in [3.8, 4) is 11.5 Å². The van der Waals surface area contributed by atoms with E-state index >= 15 is 0 Å². The average Bonchev–Trinajstić information content (AvgIpc) is 3.26. The second-order valence-electron chi connectivity index (χ2n) is 7.50. The second kappa shape index (κ2) is 10.9. The number of carbonyl (C=O) groups is 1. The second-order valence-corrected chi connectivity index (χ2v) is 8.51. The van der Waals surface area contributed by atoms with E-state index in [0.29, 0.717) is 36.2 Å². The summed E-state index contributed by atoms with van der Waals surface area (Å²) in [6, 6.07) is 18.8. The van der Waals surface area contributed by atoms with Crippen molar-refractivity contribution in [3.63, 3.8) is 0 Å². The number of hydrogen-bond donors (Lipinski definition) is 0. The minimum Gasteiger partial charge on any atom is -0.494 e. The molecule has 7 heteroatoms. The molecule has 0 aliphatic rings. The maximum atomic E-state index is 13.7. The van der Waals surface area contributed by atoms with Crippen molar-refractivity contribution in [1.29, 1.82) is 0 Å². The van der Waals surface area contributed by atoms with Gasteiger partial charge in [0.15, 0.2) is 5.13 Å². The van der Waals surface area contributed by atoms with Gasteiger partial charge in [0.25, 0.3) is 5.91 Å². The van der Waals surface area contributed by atoms with Gasteiger partial charge in [0.1, 0.15) is 11.5 Å². The Morgan fingerprint density at radius 2 is 1.88 bits per heavy atom. The largest absolute Gasteiger partial charge is 0.494 e. The first-order chi connectivity index (χ1) is 16.2. The number of anilines is 1. The van der Waals surface area contributed by atoms with Crippen LogP contribution >= 0.6 is 11.3 Å². The van der Waals surface area contributed by atoms with E-state index in [4.69, 9.17) is 14.5 Å². The van der Waals surface area contributed by atoms with Crippen molar-refractivity contribution in [2.75, 3.05) is 18.1 Å². The first-order valence-corrected chi connectivity index (χ1v) is 12.0. The molecular formula is C26H27N3O3S. The molecule has 0 aliphatic heterocycles. The Bertz CT molecular complexity index is 1210. The maximum absolute atomic E-state index is 13.7. The molecule has 0 unspecified atom stereocenters. The fourth-order valence-electron chi connectivity index (χ4n) is 3.35. The van der Waals surface area contributed by atoms with E-state index < -0.39 is 0 Å². The molecule has 0 saturated heterocycles. The molecule has 0 N–H and O–H groups in total. The van der Waals surface area contributed by atoms with Gasteiger partial charge < -0.3 is 9.47 Å². The van der Waals surface area contributed by atoms with Gasteiger partial charge in [-0.3, -0.25) is 14.7 Å². The zero-order chi connectivity index (χ0) is 23.0. The van der Waals surface area contributed by atoms with Crippen molar-refractivity contribution in [2.45, 2.75) is 33.2 Å². The Morgan fingerprint density at radius 3 is 2.67 bits per heavy atom. The Hall–Kier alpha value is -3.45. The minimum absolute atomic E-state index is 0.148. The zero-order valence-electron chi connectivity index (χ0n) is 18.9. The molecule has 4 aromatic rings. The van der Waals surface area contributed by atoms with Gasteiger partial charge in [0.05, 0.1) is 35.7 Å². The molecule has 0 spiro atoms. The lowest BCUT2D eigenvalue weighted by Gasteiger charge is -2.20. The number of benzene rings is 2. The third kappa shape index (κ3) is 5.68. The van der Waals surface area contributed by atoms with Gasteiger partial charge in [0.2, 0.25) is 0 Å². The van der Waals surface area contributed by atoms with Crippen LogP contribution in [0.25, 0.3) is 10.2 Å². The van der Waals surface area contributed by atoms with Crippen LogP contribution in [0.4, 0.5) is 5.13 Å². The summed E-state index contributed by atoms with van der Waals surface area (Å²) in [4.78, 5) is 24.5. The van der Waals surface area contributed by atoms with Crippen molar-refractivity contribution in [3.05, 3.63) is 78.1 Å². The van der Waals surface area contributed by atoms with Gasteiger partial charge in [0, 0.05) is 11.8 Å². The summed E-state index contributed by atoms with van der Waals surface area (Å²) in [5, 5.41) is 0.617. The molecule has 6 nitrogen and oxygen atoms in total. The number of thiazole rings is 1. The summed E-state index contributed by atoms with van der Waals surface area (Å²) < 4.78 is 12.4. The summed E-state index contributed by atoms with van der Waals surface area (Å²) in [5.74, 6) is 1.34. The molecule has 0 fully saturated rings. The van der Waals surface area contributed by atoms with Crippen LogP contribution in [0.2, 0.25) is 0 Å². The number of carbonyl (C=O) groups excluding carboxylic acids is 1. The molecule has 0 bridgehead atoms. The Morgan fingerprint density at radius 1 is 1.00 bits per heavy atom. The molecule has 2 aromatic carbocycles. The number of ether oxygens (including phenoxy) is 2. The van der Waals surface area contributed by atoms with Crippen molar-refractivity contribution in [2.24, 2.45) is 0 Å². The molecule has 0 radical (unpaired) electrons. The molecule has 4 rings (SSSR count). The Kier molecular flexibility index (Phi) is 7.52. The third-order valence-corrected chi connectivity index (χ3v) is 6.07.